The average molecular weight is 299 g/mol. The van der Waals surface area contributed by atoms with E-state index in [1.54, 1.807) is 6.92 Å². The number of nitrogens with zero attached hydrogens (tertiary/aromatic N) is 2. The van der Waals surface area contributed by atoms with E-state index >= 15 is 0 Å². The van der Waals surface area contributed by atoms with Crippen molar-refractivity contribution in [1.29, 1.82) is 0 Å². The van der Waals surface area contributed by atoms with E-state index in [0.717, 1.165) is 6.42 Å². The maximum Gasteiger partial charge on any atom is 0.341 e. The molecular weight excluding hydrogens is 278 g/mol. The van der Waals surface area contributed by atoms with Gasteiger partial charge in [0, 0.05) is 0 Å². The molecule has 0 saturated carbocycles. The number of carboxylic acids is 1. The number of hydrogen-bond donors (Lipinski definition) is 2. The zero-order valence-corrected chi connectivity index (χ0v) is 13.3. The monoisotopic (exact) mass is 299 g/mol. The molecule has 2 aromatic rings. The molecule has 0 aliphatic carbocycles. The van der Waals surface area contributed by atoms with Crippen LogP contribution in [0.2, 0.25) is 0 Å². The Morgan fingerprint density at radius 3 is 2.55 bits per heavy atom. The minimum absolute atomic E-state index is 0.0808. The fraction of sp³-hybridized carbons (Fsp3) is 0.412. The van der Waals surface area contributed by atoms with Gasteiger partial charge < -0.3 is 10.4 Å². The minimum Gasteiger partial charge on any atom is -0.477 e. The first-order valence-electron chi connectivity index (χ1n) is 7.46. The van der Waals surface area contributed by atoms with Gasteiger partial charge in [0.25, 0.3) is 0 Å². The van der Waals surface area contributed by atoms with Crippen LogP contribution in [0.1, 0.15) is 53.5 Å². The van der Waals surface area contributed by atoms with Crippen molar-refractivity contribution in [3.8, 4) is 0 Å². The highest BCUT2D eigenvalue weighted by molar-refractivity contribution is 5.94. The zero-order chi connectivity index (χ0) is 16.1. The molecule has 2 heterocycles. The Kier molecular flexibility index (Phi) is 3.24. The summed E-state index contributed by atoms with van der Waals surface area (Å²) in [4.78, 5) is 11.6. The van der Waals surface area contributed by atoms with Crippen LogP contribution in [0.5, 0.6) is 0 Å². The largest absolute Gasteiger partial charge is 0.477 e. The van der Waals surface area contributed by atoms with Gasteiger partial charge in [0.15, 0.2) is 0 Å². The summed E-state index contributed by atoms with van der Waals surface area (Å²) in [6, 6.07) is 8.45. The maximum atomic E-state index is 11.6. The topological polar surface area (TPSA) is 67.2 Å². The lowest BCUT2D eigenvalue weighted by atomic mass is 9.88. The normalized spacial score (nSPS) is 19.4. The van der Waals surface area contributed by atoms with Crippen LogP contribution in [-0.4, -0.2) is 20.9 Å². The molecule has 5 heteroatoms. The maximum absolute atomic E-state index is 11.6. The Labute approximate surface area is 130 Å². The summed E-state index contributed by atoms with van der Waals surface area (Å²) in [6.45, 7) is 7.99. The van der Waals surface area contributed by atoms with Crippen LogP contribution in [-0.2, 0) is 5.54 Å². The van der Waals surface area contributed by atoms with Crippen LogP contribution in [0.3, 0.4) is 0 Å². The highest BCUT2D eigenvalue weighted by atomic mass is 16.4. The summed E-state index contributed by atoms with van der Waals surface area (Å²) in [7, 11) is 0. The number of hydrogen-bond acceptors (Lipinski definition) is 3. The fourth-order valence-corrected chi connectivity index (χ4v) is 3.16. The van der Waals surface area contributed by atoms with Crippen molar-refractivity contribution in [3.63, 3.8) is 0 Å². The lowest BCUT2D eigenvalue weighted by Crippen LogP contribution is -2.38. The van der Waals surface area contributed by atoms with Crippen molar-refractivity contribution in [2.45, 2.75) is 45.7 Å². The molecule has 116 valence electrons. The van der Waals surface area contributed by atoms with Gasteiger partial charge in [-0.05, 0) is 39.7 Å². The van der Waals surface area contributed by atoms with E-state index in [1.807, 2.05) is 4.68 Å². The van der Waals surface area contributed by atoms with Crippen LogP contribution in [0.4, 0.5) is 5.82 Å². The van der Waals surface area contributed by atoms with Gasteiger partial charge >= 0.3 is 5.97 Å². The third-order valence-electron chi connectivity index (χ3n) is 4.34. The lowest BCUT2D eigenvalue weighted by Gasteiger charge is -2.38. The van der Waals surface area contributed by atoms with Crippen molar-refractivity contribution < 1.29 is 9.90 Å². The van der Waals surface area contributed by atoms with E-state index in [9.17, 15) is 9.90 Å². The molecule has 22 heavy (non-hydrogen) atoms. The number of benzene rings is 1. The first-order valence-corrected chi connectivity index (χ1v) is 7.46. The summed E-state index contributed by atoms with van der Waals surface area (Å²) >= 11 is 0. The standard InChI is InChI=1S/C17H21N3O2/c1-10-5-7-12(8-6-10)13-9-17(3,4)20-15(18-13)14(16(21)22)11(2)19-20/h5-8,13,18H,9H2,1-4H3,(H,21,22). The fourth-order valence-electron chi connectivity index (χ4n) is 3.16. The Bertz CT molecular complexity index is 729. The van der Waals surface area contributed by atoms with Gasteiger partial charge in [0.1, 0.15) is 11.4 Å². The van der Waals surface area contributed by atoms with Gasteiger partial charge in [0.2, 0.25) is 0 Å². The number of anilines is 1. The number of rotatable bonds is 2. The molecule has 1 aromatic heterocycles. The smallest absolute Gasteiger partial charge is 0.341 e. The molecular formula is C17H21N3O2. The number of fused-ring (bicyclic) bond motifs is 1. The van der Waals surface area contributed by atoms with Crippen molar-refractivity contribution in [3.05, 3.63) is 46.6 Å². The summed E-state index contributed by atoms with van der Waals surface area (Å²) in [5, 5.41) is 17.3. The number of aryl methyl sites for hydroxylation is 2. The lowest BCUT2D eigenvalue weighted by molar-refractivity contribution is 0.0696. The minimum atomic E-state index is -0.938. The van der Waals surface area contributed by atoms with Gasteiger partial charge in [-0.2, -0.15) is 5.10 Å². The highest BCUT2D eigenvalue weighted by Crippen LogP contribution is 2.40. The molecule has 1 unspecified atom stereocenters. The Balaban J connectivity index is 2.08. The number of nitrogens with one attached hydrogen (secondary N) is 1. The molecule has 1 aromatic carbocycles. The van der Waals surface area contributed by atoms with E-state index in [2.05, 4.69) is 55.5 Å². The number of carboxylic acid groups (broad SMARTS) is 1. The van der Waals surface area contributed by atoms with E-state index in [4.69, 9.17) is 0 Å². The number of carbonyl (C=O) groups is 1. The predicted octanol–water partition coefficient (Wildman–Crippen LogP) is 3.49. The second-order valence-electron chi connectivity index (χ2n) is 6.65. The Morgan fingerprint density at radius 2 is 1.95 bits per heavy atom. The molecule has 0 radical (unpaired) electrons. The summed E-state index contributed by atoms with van der Waals surface area (Å²) in [6.07, 6.45) is 0.850. The van der Waals surface area contributed by atoms with Crippen LogP contribution in [0, 0.1) is 13.8 Å². The van der Waals surface area contributed by atoms with E-state index in [1.165, 1.54) is 11.1 Å². The van der Waals surface area contributed by atoms with Crippen molar-refractivity contribution >= 4 is 11.8 Å². The van der Waals surface area contributed by atoms with Gasteiger partial charge in [-0.1, -0.05) is 29.8 Å². The molecule has 0 fully saturated rings. The quantitative estimate of drug-likeness (QED) is 0.890. The van der Waals surface area contributed by atoms with E-state index in [0.29, 0.717) is 11.5 Å². The van der Waals surface area contributed by atoms with Crippen LogP contribution in [0.15, 0.2) is 24.3 Å². The molecule has 1 aliphatic heterocycles. The highest BCUT2D eigenvalue weighted by Gasteiger charge is 2.37. The predicted molar refractivity (Wildman–Crippen MR) is 85.4 cm³/mol. The molecule has 0 amide bonds. The molecule has 1 atom stereocenters. The van der Waals surface area contributed by atoms with Crippen LogP contribution >= 0.6 is 0 Å². The molecule has 3 rings (SSSR count). The molecule has 0 spiro atoms. The number of aromatic nitrogens is 2. The first kappa shape index (κ1) is 14.6. The van der Waals surface area contributed by atoms with E-state index in [-0.39, 0.29) is 17.1 Å². The zero-order valence-electron chi connectivity index (χ0n) is 13.3. The second kappa shape index (κ2) is 4.87. The van der Waals surface area contributed by atoms with Crippen molar-refractivity contribution in [2.75, 3.05) is 5.32 Å². The third kappa shape index (κ3) is 2.26. The first-order chi connectivity index (χ1) is 10.3. The molecule has 0 saturated heterocycles. The van der Waals surface area contributed by atoms with Crippen LogP contribution in [0.25, 0.3) is 0 Å². The third-order valence-corrected chi connectivity index (χ3v) is 4.34. The van der Waals surface area contributed by atoms with Gasteiger partial charge in [-0.15, -0.1) is 0 Å². The average Bonchev–Trinajstić information content (AvgIpc) is 2.76. The second-order valence-corrected chi connectivity index (χ2v) is 6.65. The van der Waals surface area contributed by atoms with Crippen molar-refractivity contribution in [2.24, 2.45) is 0 Å². The van der Waals surface area contributed by atoms with E-state index < -0.39 is 5.97 Å². The molecule has 1 aliphatic rings. The van der Waals surface area contributed by atoms with Gasteiger partial charge in [-0.3, -0.25) is 0 Å². The molecule has 5 nitrogen and oxygen atoms in total. The Hall–Kier alpha value is -2.30. The summed E-state index contributed by atoms with van der Waals surface area (Å²) < 4.78 is 1.82. The summed E-state index contributed by atoms with van der Waals surface area (Å²) in [5.41, 5.74) is 2.96. The van der Waals surface area contributed by atoms with Crippen molar-refractivity contribution in [1.82, 2.24) is 9.78 Å². The Morgan fingerprint density at radius 1 is 1.32 bits per heavy atom. The van der Waals surface area contributed by atoms with Gasteiger partial charge in [-0.25, -0.2) is 9.48 Å². The molecule has 0 bridgehead atoms. The number of aromatic carboxylic acids is 1. The summed E-state index contributed by atoms with van der Waals surface area (Å²) in [5.74, 6) is -0.335. The van der Waals surface area contributed by atoms with Crippen LogP contribution < -0.4 is 5.32 Å². The SMILES string of the molecule is Cc1ccc(C2CC(C)(C)n3nc(C)c(C(=O)O)c3N2)cc1. The molecule has 2 N–H and O–H groups in total. The van der Waals surface area contributed by atoms with Gasteiger partial charge in [0.05, 0.1) is 17.3 Å².